The van der Waals surface area contributed by atoms with Crippen molar-refractivity contribution in [2.75, 3.05) is 10.2 Å². The molecule has 1 unspecified atom stereocenters. The summed E-state index contributed by atoms with van der Waals surface area (Å²) in [6, 6.07) is 61.1. The zero-order valence-corrected chi connectivity index (χ0v) is 25.6. The van der Waals surface area contributed by atoms with Crippen LogP contribution in [0.5, 0.6) is 11.5 Å². The van der Waals surface area contributed by atoms with Gasteiger partial charge >= 0.3 is 0 Å². The highest BCUT2D eigenvalue weighted by Crippen LogP contribution is 2.63. The number of para-hydroxylation sites is 5. The van der Waals surface area contributed by atoms with Gasteiger partial charge in [-0.2, -0.15) is 0 Å². The van der Waals surface area contributed by atoms with Gasteiger partial charge in [0.15, 0.2) is 0 Å². The normalized spacial score (nSPS) is 15.9. The summed E-state index contributed by atoms with van der Waals surface area (Å²) in [6.07, 6.45) is -0.0218. The molecule has 3 heteroatoms. The molecule has 0 aromatic heterocycles. The van der Waals surface area contributed by atoms with E-state index in [1.807, 2.05) is 0 Å². The molecule has 0 radical (unpaired) electrons. The fourth-order valence-electron chi connectivity index (χ4n) is 8.22. The number of nitrogens with one attached hydrogen (secondary N) is 1. The Kier molecular flexibility index (Phi) is 5.55. The van der Waals surface area contributed by atoms with Crippen LogP contribution in [0.3, 0.4) is 0 Å². The molecule has 0 bridgehead atoms. The van der Waals surface area contributed by atoms with Gasteiger partial charge in [-0.25, -0.2) is 0 Å². The van der Waals surface area contributed by atoms with Crippen molar-refractivity contribution in [3.05, 3.63) is 198 Å². The average Bonchev–Trinajstić information content (AvgIpc) is 3.67. The predicted molar refractivity (Wildman–Crippen MR) is 191 cm³/mol. The van der Waals surface area contributed by atoms with E-state index in [0.29, 0.717) is 0 Å². The molecule has 0 fully saturated rings. The minimum absolute atomic E-state index is 0.0218. The van der Waals surface area contributed by atoms with Crippen LogP contribution in [0.25, 0.3) is 22.3 Å². The van der Waals surface area contributed by atoms with Gasteiger partial charge in [0, 0.05) is 22.4 Å². The second-order valence-corrected chi connectivity index (χ2v) is 12.5. The molecule has 1 spiro atoms. The summed E-state index contributed by atoms with van der Waals surface area (Å²) in [6.45, 7) is 0. The average molecular weight is 603 g/mol. The lowest BCUT2D eigenvalue weighted by atomic mass is 9.65. The maximum absolute atomic E-state index is 6.91. The Morgan fingerprint density at radius 3 is 1.85 bits per heavy atom. The summed E-state index contributed by atoms with van der Waals surface area (Å²) >= 11 is 0. The number of hydrogen-bond acceptors (Lipinski definition) is 3. The molecule has 0 saturated carbocycles. The molecule has 1 aliphatic carbocycles. The summed E-state index contributed by atoms with van der Waals surface area (Å²) in [5.41, 5.74) is 14.0. The Hall–Kier alpha value is -6.06. The van der Waals surface area contributed by atoms with E-state index < -0.39 is 5.41 Å². The maximum atomic E-state index is 6.91. The van der Waals surface area contributed by atoms with E-state index in [1.54, 1.807) is 0 Å². The first-order valence-corrected chi connectivity index (χ1v) is 16.2. The van der Waals surface area contributed by atoms with Gasteiger partial charge in [0.25, 0.3) is 0 Å². The monoisotopic (exact) mass is 602 g/mol. The van der Waals surface area contributed by atoms with Crippen LogP contribution >= 0.6 is 0 Å². The number of ether oxygens (including phenoxy) is 1. The third-order valence-corrected chi connectivity index (χ3v) is 10.2. The summed E-state index contributed by atoms with van der Waals surface area (Å²) < 4.78 is 6.91. The van der Waals surface area contributed by atoms with Crippen molar-refractivity contribution in [1.29, 1.82) is 0 Å². The maximum Gasteiger partial charge on any atom is 0.140 e. The van der Waals surface area contributed by atoms with Crippen molar-refractivity contribution >= 4 is 17.1 Å². The van der Waals surface area contributed by atoms with Crippen LogP contribution in [-0.4, -0.2) is 0 Å². The van der Waals surface area contributed by atoms with E-state index in [4.69, 9.17) is 4.74 Å². The number of hydrogen-bond donors (Lipinski definition) is 1. The lowest BCUT2D eigenvalue weighted by molar-refractivity contribution is 0.438. The zero-order valence-electron chi connectivity index (χ0n) is 25.6. The van der Waals surface area contributed by atoms with Gasteiger partial charge in [0.1, 0.15) is 17.7 Å². The van der Waals surface area contributed by atoms with Gasteiger partial charge in [0.2, 0.25) is 0 Å². The van der Waals surface area contributed by atoms with E-state index in [0.717, 1.165) is 34.0 Å². The van der Waals surface area contributed by atoms with Crippen LogP contribution < -0.4 is 15.0 Å². The zero-order chi connectivity index (χ0) is 31.0. The van der Waals surface area contributed by atoms with Crippen LogP contribution in [-0.2, 0) is 5.41 Å². The van der Waals surface area contributed by atoms with Gasteiger partial charge < -0.3 is 15.0 Å². The molecule has 10 rings (SSSR count). The molecular formula is C44H30N2O. The summed E-state index contributed by atoms with van der Waals surface area (Å²) in [5, 5.41) is 3.77. The first-order valence-electron chi connectivity index (χ1n) is 16.2. The van der Waals surface area contributed by atoms with Crippen LogP contribution in [0, 0.1) is 0 Å². The summed E-state index contributed by atoms with van der Waals surface area (Å²) in [7, 11) is 0. The van der Waals surface area contributed by atoms with Crippen molar-refractivity contribution in [3.8, 4) is 33.8 Å². The third kappa shape index (κ3) is 3.62. The van der Waals surface area contributed by atoms with Gasteiger partial charge in [-0.1, -0.05) is 140 Å². The van der Waals surface area contributed by atoms with Gasteiger partial charge in [0.05, 0.1) is 16.8 Å². The van der Waals surface area contributed by atoms with E-state index in [1.165, 1.54) is 44.6 Å². The van der Waals surface area contributed by atoms with Crippen molar-refractivity contribution in [2.24, 2.45) is 0 Å². The third-order valence-electron chi connectivity index (χ3n) is 10.2. The Labute approximate surface area is 274 Å². The van der Waals surface area contributed by atoms with E-state index in [9.17, 15) is 0 Å². The SMILES string of the molecule is c1ccc(N2c3ccccc3NC2c2ccc(-c3cccc4c3Oc3ccccc3C43c4ccccc4-c4ccccc43)cc2)cc1. The van der Waals surface area contributed by atoms with Gasteiger partial charge in [-0.05, 0) is 63.7 Å². The number of nitrogens with zero attached hydrogens (tertiary/aromatic N) is 1. The molecule has 0 saturated heterocycles. The van der Waals surface area contributed by atoms with Crippen molar-refractivity contribution in [2.45, 2.75) is 11.6 Å². The lowest BCUT2D eigenvalue weighted by Gasteiger charge is -2.40. The van der Waals surface area contributed by atoms with Crippen molar-refractivity contribution < 1.29 is 4.74 Å². The fraction of sp³-hybridized carbons (Fsp3) is 0.0455. The molecule has 47 heavy (non-hydrogen) atoms. The number of benzene rings is 7. The van der Waals surface area contributed by atoms with E-state index >= 15 is 0 Å². The molecule has 222 valence electrons. The highest BCUT2D eigenvalue weighted by Gasteiger charge is 2.51. The highest BCUT2D eigenvalue weighted by atomic mass is 16.5. The second kappa shape index (κ2) is 9.97. The Morgan fingerprint density at radius 1 is 0.489 bits per heavy atom. The number of rotatable bonds is 3. The van der Waals surface area contributed by atoms with Gasteiger partial charge in [-0.3, -0.25) is 0 Å². The van der Waals surface area contributed by atoms with Crippen LogP contribution in [0.2, 0.25) is 0 Å². The standard InChI is InChI=1S/C44H30N2O/c1-2-13-31(14-3-1)46-40-23-10-9-22-39(40)45-43(46)30-27-25-29(26-28-30)32-17-12-21-38-42(32)47-41-24-11-8-20-37(41)44(38)35-18-6-4-15-33(35)34-16-5-7-19-36(34)44/h1-28,43,45H. The number of anilines is 3. The molecule has 2 aliphatic heterocycles. The highest BCUT2D eigenvalue weighted by molar-refractivity contribution is 5.90. The van der Waals surface area contributed by atoms with Crippen molar-refractivity contribution in [3.63, 3.8) is 0 Å². The van der Waals surface area contributed by atoms with Crippen LogP contribution in [0.15, 0.2) is 170 Å². The Balaban J connectivity index is 1.12. The largest absolute Gasteiger partial charge is 0.456 e. The molecule has 2 heterocycles. The minimum atomic E-state index is -0.469. The Bertz CT molecular complexity index is 2280. The molecule has 1 atom stereocenters. The second-order valence-electron chi connectivity index (χ2n) is 12.5. The minimum Gasteiger partial charge on any atom is -0.456 e. The van der Waals surface area contributed by atoms with Gasteiger partial charge in [-0.15, -0.1) is 0 Å². The van der Waals surface area contributed by atoms with E-state index in [2.05, 4.69) is 180 Å². The quantitative estimate of drug-likeness (QED) is 0.218. The van der Waals surface area contributed by atoms with Crippen LogP contribution in [0.1, 0.15) is 34.0 Å². The molecule has 3 nitrogen and oxygen atoms in total. The lowest BCUT2D eigenvalue weighted by Crippen LogP contribution is -2.32. The van der Waals surface area contributed by atoms with Crippen LogP contribution in [0.4, 0.5) is 17.1 Å². The molecule has 3 aliphatic rings. The molecule has 0 amide bonds. The first-order chi connectivity index (χ1) is 23.3. The molecule has 7 aromatic rings. The summed E-state index contributed by atoms with van der Waals surface area (Å²) in [5.74, 6) is 1.82. The molecular weight excluding hydrogens is 572 g/mol. The molecule has 7 aromatic carbocycles. The van der Waals surface area contributed by atoms with E-state index in [-0.39, 0.29) is 6.17 Å². The smallest absolute Gasteiger partial charge is 0.140 e. The molecule has 1 N–H and O–H groups in total. The fourth-order valence-corrected chi connectivity index (χ4v) is 8.22. The first kappa shape index (κ1) is 26.2. The summed E-state index contributed by atoms with van der Waals surface area (Å²) in [4.78, 5) is 2.38. The Morgan fingerprint density at radius 2 is 1.09 bits per heavy atom. The predicted octanol–water partition coefficient (Wildman–Crippen LogP) is 11.1. The topological polar surface area (TPSA) is 24.5 Å². The number of fused-ring (bicyclic) bond motifs is 10. The van der Waals surface area contributed by atoms with Crippen molar-refractivity contribution in [1.82, 2.24) is 0 Å².